The highest BCUT2D eigenvalue weighted by Gasteiger charge is 2.32. The number of likely N-dealkylation sites (tertiary alicyclic amines) is 1. The van der Waals surface area contributed by atoms with Crippen molar-refractivity contribution < 1.29 is 9.53 Å². The fraction of sp³-hybridized carbons (Fsp3) is 0.333. The van der Waals surface area contributed by atoms with Crippen molar-refractivity contribution in [2.45, 2.75) is 32.7 Å². The molecule has 1 N–H and O–H groups in total. The number of carbonyl (C=O) groups excluding carboxylic acids is 1. The van der Waals surface area contributed by atoms with Gasteiger partial charge in [0.2, 0.25) is 0 Å². The van der Waals surface area contributed by atoms with Crippen LogP contribution in [0, 0.1) is 6.92 Å². The van der Waals surface area contributed by atoms with Crippen LogP contribution in [0.3, 0.4) is 0 Å². The third kappa shape index (κ3) is 3.65. The van der Waals surface area contributed by atoms with Crippen molar-refractivity contribution in [3.8, 4) is 11.6 Å². The van der Waals surface area contributed by atoms with Gasteiger partial charge in [0, 0.05) is 12.6 Å². The minimum absolute atomic E-state index is 0.0344. The van der Waals surface area contributed by atoms with Gasteiger partial charge in [-0.15, -0.1) is 0 Å². The van der Waals surface area contributed by atoms with Crippen LogP contribution in [0.15, 0.2) is 47.4 Å². The summed E-state index contributed by atoms with van der Waals surface area (Å²) in [6.45, 7) is 5.12. The van der Waals surface area contributed by atoms with Gasteiger partial charge in [-0.05, 0) is 50.5 Å². The number of rotatable bonds is 5. The summed E-state index contributed by atoms with van der Waals surface area (Å²) in [7, 11) is 0. The third-order valence-corrected chi connectivity index (χ3v) is 5.21. The van der Waals surface area contributed by atoms with E-state index in [1.54, 1.807) is 16.9 Å². The van der Waals surface area contributed by atoms with Gasteiger partial charge in [-0.3, -0.25) is 9.59 Å². The molecule has 8 nitrogen and oxygen atoms in total. The number of ether oxygens (including phenoxy) is 1. The van der Waals surface area contributed by atoms with E-state index in [9.17, 15) is 9.59 Å². The molecule has 1 fully saturated rings. The zero-order chi connectivity index (χ0) is 20.4. The number of hydrogen-bond donors (Lipinski definition) is 1. The molecule has 3 aromatic rings. The van der Waals surface area contributed by atoms with Crippen molar-refractivity contribution in [3.05, 3.63) is 69.8 Å². The number of aromatic amines is 1. The molecule has 150 valence electrons. The Bertz CT molecular complexity index is 1050. The Balaban J connectivity index is 1.58. The Labute approximate surface area is 168 Å². The van der Waals surface area contributed by atoms with Gasteiger partial charge in [-0.1, -0.05) is 12.1 Å². The number of nitrogens with zero attached hydrogens (tertiary/aromatic N) is 4. The van der Waals surface area contributed by atoms with Crippen molar-refractivity contribution in [2.24, 2.45) is 0 Å². The highest BCUT2D eigenvalue weighted by atomic mass is 16.5. The lowest BCUT2D eigenvalue weighted by atomic mass is 10.0. The molecule has 0 aliphatic carbocycles. The molecule has 4 rings (SSSR count). The Morgan fingerprint density at radius 2 is 2.03 bits per heavy atom. The molecule has 1 aromatic carbocycles. The van der Waals surface area contributed by atoms with E-state index in [1.165, 1.54) is 6.07 Å². The predicted molar refractivity (Wildman–Crippen MR) is 107 cm³/mol. The van der Waals surface area contributed by atoms with Crippen molar-refractivity contribution in [1.82, 2.24) is 24.9 Å². The molecule has 0 saturated carbocycles. The first-order valence-electron chi connectivity index (χ1n) is 9.73. The summed E-state index contributed by atoms with van der Waals surface area (Å²) in [6.07, 6.45) is 3.45. The molecule has 1 aliphatic rings. The van der Waals surface area contributed by atoms with Gasteiger partial charge in [-0.2, -0.15) is 10.2 Å². The lowest BCUT2D eigenvalue weighted by molar-refractivity contribution is 0.0735. The number of carbonyl (C=O) groups is 1. The van der Waals surface area contributed by atoms with Gasteiger partial charge in [0.15, 0.2) is 5.82 Å². The SMILES string of the molecule is CCOc1ccc(C2CCCN2C(=O)c2cnn(-c3ccc(=O)[nH]n3)c2C)cc1. The highest BCUT2D eigenvalue weighted by molar-refractivity contribution is 5.95. The molecule has 1 atom stereocenters. The van der Waals surface area contributed by atoms with Gasteiger partial charge >= 0.3 is 0 Å². The van der Waals surface area contributed by atoms with E-state index < -0.39 is 0 Å². The van der Waals surface area contributed by atoms with Gasteiger partial charge in [0.1, 0.15) is 5.75 Å². The Kier molecular flexibility index (Phi) is 5.16. The quantitative estimate of drug-likeness (QED) is 0.719. The van der Waals surface area contributed by atoms with Crippen molar-refractivity contribution in [1.29, 1.82) is 0 Å². The van der Waals surface area contributed by atoms with Crippen LogP contribution in [-0.2, 0) is 0 Å². The number of nitrogens with one attached hydrogen (secondary N) is 1. The van der Waals surface area contributed by atoms with Gasteiger partial charge in [-0.25, -0.2) is 9.78 Å². The van der Waals surface area contributed by atoms with E-state index in [0.29, 0.717) is 30.2 Å². The number of H-pyrrole nitrogens is 1. The first kappa shape index (κ1) is 18.9. The van der Waals surface area contributed by atoms with E-state index in [0.717, 1.165) is 24.2 Å². The summed E-state index contributed by atoms with van der Waals surface area (Å²) < 4.78 is 7.08. The monoisotopic (exact) mass is 393 g/mol. The van der Waals surface area contributed by atoms with E-state index in [-0.39, 0.29) is 17.5 Å². The topological polar surface area (TPSA) is 93.1 Å². The normalized spacial score (nSPS) is 16.2. The average Bonchev–Trinajstić information content (AvgIpc) is 3.36. The highest BCUT2D eigenvalue weighted by Crippen LogP contribution is 2.34. The Hall–Kier alpha value is -3.42. The Morgan fingerprint density at radius 1 is 1.24 bits per heavy atom. The van der Waals surface area contributed by atoms with Crippen molar-refractivity contribution in [2.75, 3.05) is 13.2 Å². The standard InChI is InChI=1S/C21H23N5O3/c1-3-29-16-8-6-15(7-9-16)18-5-4-12-25(18)21(28)17-13-22-26(14(17)2)19-10-11-20(27)24-23-19/h6-11,13,18H,3-5,12H2,1-2H3,(H,24,27). The molecule has 1 aliphatic heterocycles. The summed E-state index contributed by atoms with van der Waals surface area (Å²) in [5.74, 6) is 1.25. The summed E-state index contributed by atoms with van der Waals surface area (Å²) >= 11 is 0. The smallest absolute Gasteiger partial charge is 0.264 e. The molecule has 8 heteroatoms. The van der Waals surface area contributed by atoms with E-state index in [2.05, 4.69) is 15.3 Å². The third-order valence-electron chi connectivity index (χ3n) is 5.21. The molecule has 3 heterocycles. The molecular formula is C21H23N5O3. The number of benzene rings is 1. The van der Waals surface area contributed by atoms with Crippen LogP contribution in [0.4, 0.5) is 0 Å². The van der Waals surface area contributed by atoms with Gasteiger partial charge < -0.3 is 9.64 Å². The number of hydrogen-bond acceptors (Lipinski definition) is 5. The number of aromatic nitrogens is 4. The molecular weight excluding hydrogens is 370 g/mol. The van der Waals surface area contributed by atoms with Crippen molar-refractivity contribution >= 4 is 5.91 Å². The fourth-order valence-corrected chi connectivity index (χ4v) is 3.77. The minimum atomic E-state index is -0.287. The molecule has 29 heavy (non-hydrogen) atoms. The first-order chi connectivity index (χ1) is 14.1. The second-order valence-electron chi connectivity index (χ2n) is 6.99. The van der Waals surface area contributed by atoms with Crippen molar-refractivity contribution in [3.63, 3.8) is 0 Å². The summed E-state index contributed by atoms with van der Waals surface area (Å²) in [5.41, 5.74) is 2.04. The lowest BCUT2D eigenvalue weighted by Crippen LogP contribution is -2.30. The van der Waals surface area contributed by atoms with Crippen LogP contribution in [0.1, 0.15) is 47.4 Å². The summed E-state index contributed by atoms with van der Waals surface area (Å²) in [6, 6.07) is 10.9. The lowest BCUT2D eigenvalue weighted by Gasteiger charge is -2.25. The zero-order valence-corrected chi connectivity index (χ0v) is 16.5. The molecule has 0 spiro atoms. The van der Waals surface area contributed by atoms with Gasteiger partial charge in [0.05, 0.1) is 30.1 Å². The van der Waals surface area contributed by atoms with E-state index in [1.807, 2.05) is 43.0 Å². The largest absolute Gasteiger partial charge is 0.494 e. The van der Waals surface area contributed by atoms with Crippen LogP contribution in [0.2, 0.25) is 0 Å². The molecule has 2 aromatic heterocycles. The van der Waals surface area contributed by atoms with Gasteiger partial charge in [0.25, 0.3) is 11.5 Å². The van der Waals surface area contributed by atoms with Crippen LogP contribution in [0.5, 0.6) is 5.75 Å². The van der Waals surface area contributed by atoms with E-state index in [4.69, 9.17) is 4.74 Å². The summed E-state index contributed by atoms with van der Waals surface area (Å²) in [4.78, 5) is 26.4. The molecule has 1 amide bonds. The Morgan fingerprint density at radius 3 is 2.72 bits per heavy atom. The minimum Gasteiger partial charge on any atom is -0.494 e. The molecule has 1 saturated heterocycles. The second-order valence-corrected chi connectivity index (χ2v) is 6.99. The predicted octanol–water partition coefficient (Wildman–Crippen LogP) is 2.64. The zero-order valence-electron chi connectivity index (χ0n) is 16.5. The second kappa shape index (κ2) is 7.90. The van der Waals surface area contributed by atoms with Crippen LogP contribution < -0.4 is 10.3 Å². The first-order valence-corrected chi connectivity index (χ1v) is 9.73. The molecule has 0 bridgehead atoms. The summed E-state index contributed by atoms with van der Waals surface area (Å²) in [5, 5.41) is 10.7. The maximum absolute atomic E-state index is 13.3. The maximum atomic E-state index is 13.3. The van der Waals surface area contributed by atoms with Crippen LogP contribution in [0.25, 0.3) is 5.82 Å². The van der Waals surface area contributed by atoms with E-state index >= 15 is 0 Å². The average molecular weight is 393 g/mol. The maximum Gasteiger partial charge on any atom is 0.264 e. The fourth-order valence-electron chi connectivity index (χ4n) is 3.77. The van der Waals surface area contributed by atoms with Crippen LogP contribution in [-0.4, -0.2) is 43.9 Å². The molecule has 0 radical (unpaired) electrons. The molecule has 1 unspecified atom stereocenters. The van der Waals surface area contributed by atoms with Crippen LogP contribution >= 0.6 is 0 Å². The number of amides is 1.